The second-order valence-corrected chi connectivity index (χ2v) is 9.72. The predicted molar refractivity (Wildman–Crippen MR) is 105 cm³/mol. The molecule has 0 unspecified atom stereocenters. The van der Waals surface area contributed by atoms with Crippen molar-refractivity contribution >= 4 is 18.7 Å². The van der Waals surface area contributed by atoms with E-state index in [0.717, 1.165) is 62.5 Å². The largest absolute Gasteiger partial charge is 0.464 e. The summed E-state index contributed by atoms with van der Waals surface area (Å²) in [6, 6.07) is 0. The van der Waals surface area contributed by atoms with E-state index in [0.29, 0.717) is 24.2 Å². The van der Waals surface area contributed by atoms with Gasteiger partial charge in [0, 0.05) is 30.0 Å². The number of carbonyl (C=O) groups excluding carboxylic acids is 3. The third kappa shape index (κ3) is 2.77. The molecule has 5 heteroatoms. The van der Waals surface area contributed by atoms with Gasteiger partial charge in [-0.05, 0) is 61.7 Å². The Morgan fingerprint density at radius 1 is 1.14 bits per heavy atom. The number of nitrogens with one attached hydrogen (secondary N) is 1. The topological polar surface area (TPSA) is 72.5 Å². The third-order valence-corrected chi connectivity index (χ3v) is 8.47. The highest BCUT2D eigenvalue weighted by Crippen LogP contribution is 2.65. The van der Waals surface area contributed by atoms with Crippen LogP contribution >= 0.6 is 0 Å². The molecule has 152 valence electrons. The summed E-state index contributed by atoms with van der Waals surface area (Å²) in [7, 11) is 0. The molecule has 0 aromatic carbocycles. The van der Waals surface area contributed by atoms with Crippen LogP contribution in [0, 0.1) is 28.6 Å². The molecular weight excluding hydrogens is 354 g/mol. The zero-order chi connectivity index (χ0) is 20.1. The van der Waals surface area contributed by atoms with Gasteiger partial charge in [-0.3, -0.25) is 14.4 Å². The maximum absolute atomic E-state index is 11.8. The van der Waals surface area contributed by atoms with Crippen LogP contribution in [-0.2, 0) is 19.1 Å². The monoisotopic (exact) mass is 385 g/mol. The van der Waals surface area contributed by atoms with Crippen LogP contribution in [0.2, 0.25) is 0 Å². The summed E-state index contributed by atoms with van der Waals surface area (Å²) in [6.07, 6.45) is 10.1. The van der Waals surface area contributed by atoms with Gasteiger partial charge in [-0.25, -0.2) is 0 Å². The minimum Gasteiger partial charge on any atom is -0.464 e. The molecule has 1 N–H and O–H groups in total. The van der Waals surface area contributed by atoms with Crippen LogP contribution in [0.4, 0.5) is 0 Å². The van der Waals surface area contributed by atoms with Gasteiger partial charge < -0.3 is 10.1 Å². The van der Waals surface area contributed by atoms with Gasteiger partial charge in [0.25, 0.3) is 6.47 Å². The molecule has 0 aromatic rings. The number of ether oxygens (including phenoxy) is 1. The number of rotatable bonds is 4. The molecular formula is C23H31NO4. The third-order valence-electron chi connectivity index (χ3n) is 8.47. The lowest BCUT2D eigenvalue weighted by atomic mass is 9.48. The van der Waals surface area contributed by atoms with Crippen molar-refractivity contribution in [1.29, 1.82) is 0 Å². The van der Waals surface area contributed by atoms with Gasteiger partial charge >= 0.3 is 0 Å². The second-order valence-electron chi connectivity index (χ2n) is 9.72. The molecule has 0 heterocycles. The summed E-state index contributed by atoms with van der Waals surface area (Å²) in [4.78, 5) is 34.3. The summed E-state index contributed by atoms with van der Waals surface area (Å²) in [5, 5.41) is 3.01. The van der Waals surface area contributed by atoms with Crippen LogP contribution in [-0.4, -0.2) is 24.8 Å². The first-order chi connectivity index (χ1) is 13.3. The molecule has 2 fully saturated rings. The van der Waals surface area contributed by atoms with Gasteiger partial charge in [0.15, 0.2) is 0 Å². The first kappa shape index (κ1) is 19.4. The van der Waals surface area contributed by atoms with Crippen LogP contribution in [0.25, 0.3) is 0 Å². The standard InChI is InChI=1S/C23H31NO4/c1-14(27)24-21-15(12-25)10-20-18-5-4-16-11-17(28-13-26)6-8-22(16,2)19(18)7-9-23(20,21)3/h4,12-13,17-20H,5-11H2,1-3H3,(H,24,27)/t17-,18+,19-,20-,22-,23-/m0/s1. The van der Waals surface area contributed by atoms with Crippen LogP contribution < -0.4 is 5.32 Å². The van der Waals surface area contributed by atoms with Crippen LogP contribution in [0.3, 0.4) is 0 Å². The first-order valence-electron chi connectivity index (χ1n) is 10.6. The normalized spacial score (nSPS) is 41.9. The van der Waals surface area contributed by atoms with E-state index in [1.165, 1.54) is 12.5 Å². The van der Waals surface area contributed by atoms with Crippen molar-refractivity contribution in [2.24, 2.45) is 28.6 Å². The van der Waals surface area contributed by atoms with Gasteiger partial charge in [0.1, 0.15) is 12.4 Å². The fraction of sp³-hybridized carbons (Fsp3) is 0.696. The van der Waals surface area contributed by atoms with E-state index >= 15 is 0 Å². The fourth-order valence-electron chi connectivity index (χ4n) is 7.04. The zero-order valence-corrected chi connectivity index (χ0v) is 17.1. The molecule has 0 saturated heterocycles. The Kier molecular flexibility index (Phi) is 4.75. The Bertz CT molecular complexity index is 769. The molecule has 0 aliphatic heterocycles. The SMILES string of the molecule is CC(=O)NC1=C(C=O)C[C@H]2[C@@H]3CC=C4C[C@@H](OC=O)CC[C@]4(C)[C@H]3CC[C@]12C. The van der Waals surface area contributed by atoms with E-state index in [9.17, 15) is 14.4 Å². The molecule has 6 atom stereocenters. The summed E-state index contributed by atoms with van der Waals surface area (Å²) in [5.41, 5.74) is 3.15. The zero-order valence-electron chi connectivity index (χ0n) is 17.1. The number of aldehydes is 1. The molecule has 4 rings (SSSR count). The van der Waals surface area contributed by atoms with Gasteiger partial charge in [-0.2, -0.15) is 0 Å². The Balaban J connectivity index is 1.63. The van der Waals surface area contributed by atoms with Gasteiger partial charge in [-0.15, -0.1) is 0 Å². The van der Waals surface area contributed by atoms with Crippen molar-refractivity contribution in [2.45, 2.75) is 71.8 Å². The molecule has 5 nitrogen and oxygen atoms in total. The van der Waals surface area contributed by atoms with Crippen molar-refractivity contribution in [3.8, 4) is 0 Å². The molecule has 0 aromatic heterocycles. The minimum absolute atomic E-state index is 0.0170. The molecule has 0 bridgehead atoms. The van der Waals surface area contributed by atoms with E-state index in [-0.39, 0.29) is 22.8 Å². The number of fused-ring (bicyclic) bond motifs is 5. The van der Waals surface area contributed by atoms with Gasteiger partial charge in [0.2, 0.25) is 5.91 Å². The van der Waals surface area contributed by atoms with Crippen molar-refractivity contribution < 1.29 is 19.1 Å². The smallest absolute Gasteiger partial charge is 0.293 e. The number of amides is 1. The molecule has 28 heavy (non-hydrogen) atoms. The molecule has 0 radical (unpaired) electrons. The molecule has 1 amide bonds. The molecule has 4 aliphatic carbocycles. The Morgan fingerprint density at radius 2 is 1.89 bits per heavy atom. The highest BCUT2D eigenvalue weighted by molar-refractivity contribution is 5.81. The van der Waals surface area contributed by atoms with E-state index in [4.69, 9.17) is 4.74 Å². The van der Waals surface area contributed by atoms with Crippen molar-refractivity contribution in [2.75, 3.05) is 0 Å². The number of allylic oxidation sites excluding steroid dienone is 3. The first-order valence-corrected chi connectivity index (χ1v) is 10.6. The van der Waals surface area contributed by atoms with Gasteiger partial charge in [0.05, 0.1) is 0 Å². The lowest BCUT2D eigenvalue weighted by Crippen LogP contribution is -2.51. The fourth-order valence-corrected chi connectivity index (χ4v) is 7.04. The Hall–Kier alpha value is -1.91. The number of hydrogen-bond donors (Lipinski definition) is 1. The average Bonchev–Trinajstić information content (AvgIpc) is 2.94. The van der Waals surface area contributed by atoms with Crippen LogP contribution in [0.15, 0.2) is 22.9 Å². The van der Waals surface area contributed by atoms with E-state index in [2.05, 4.69) is 25.2 Å². The highest BCUT2D eigenvalue weighted by atomic mass is 16.5. The van der Waals surface area contributed by atoms with Crippen molar-refractivity contribution in [3.63, 3.8) is 0 Å². The molecule has 2 saturated carbocycles. The van der Waals surface area contributed by atoms with E-state index in [1.807, 2.05) is 0 Å². The maximum Gasteiger partial charge on any atom is 0.293 e. The van der Waals surface area contributed by atoms with Crippen molar-refractivity contribution in [3.05, 3.63) is 22.9 Å². The second kappa shape index (κ2) is 6.85. The maximum atomic E-state index is 11.8. The lowest BCUT2D eigenvalue weighted by Gasteiger charge is -2.57. The summed E-state index contributed by atoms with van der Waals surface area (Å²) in [5.74, 6) is 1.42. The summed E-state index contributed by atoms with van der Waals surface area (Å²) in [6.45, 7) is 6.74. The molecule has 0 spiro atoms. The summed E-state index contributed by atoms with van der Waals surface area (Å²) >= 11 is 0. The average molecular weight is 386 g/mol. The van der Waals surface area contributed by atoms with Gasteiger partial charge in [-0.1, -0.05) is 25.5 Å². The summed E-state index contributed by atoms with van der Waals surface area (Å²) < 4.78 is 5.27. The number of carbonyl (C=O) groups is 3. The predicted octanol–water partition coefficient (Wildman–Crippen LogP) is 3.69. The van der Waals surface area contributed by atoms with Crippen molar-refractivity contribution in [1.82, 2.24) is 5.32 Å². The minimum atomic E-state index is -0.122. The highest BCUT2D eigenvalue weighted by Gasteiger charge is 2.58. The Labute approximate surface area is 167 Å². The lowest BCUT2D eigenvalue weighted by molar-refractivity contribution is -0.135. The number of hydrogen-bond acceptors (Lipinski definition) is 4. The molecule has 4 aliphatic rings. The Morgan fingerprint density at radius 3 is 2.57 bits per heavy atom. The quantitative estimate of drug-likeness (QED) is 0.592. The van der Waals surface area contributed by atoms with E-state index < -0.39 is 0 Å². The van der Waals surface area contributed by atoms with Crippen LogP contribution in [0.5, 0.6) is 0 Å². The van der Waals surface area contributed by atoms with E-state index in [1.54, 1.807) is 0 Å². The van der Waals surface area contributed by atoms with Crippen LogP contribution in [0.1, 0.15) is 65.7 Å².